The number of hydrogen-bond acceptors (Lipinski definition) is 4. The highest BCUT2D eigenvalue weighted by Gasteiger charge is 2.22. The molecule has 0 saturated heterocycles. The number of nitrogens with zero attached hydrogens (tertiary/aromatic N) is 2. The van der Waals surface area contributed by atoms with Crippen LogP contribution in [0.3, 0.4) is 0 Å². The standard InChI is InChI=1S/C14H18N2O3/c1-14(2,19)10-16(3)13(18)12-11(7-5-9-17)6-4-8-15-12/h4,6,8,17,19H,9-10H2,1-3H3. The van der Waals surface area contributed by atoms with Crippen LogP contribution >= 0.6 is 0 Å². The van der Waals surface area contributed by atoms with Crippen LogP contribution in [-0.2, 0) is 0 Å². The molecule has 0 atom stereocenters. The summed E-state index contributed by atoms with van der Waals surface area (Å²) in [5.74, 6) is 4.87. The molecule has 0 aliphatic carbocycles. The summed E-state index contributed by atoms with van der Waals surface area (Å²) in [6, 6.07) is 3.34. The van der Waals surface area contributed by atoms with Crippen LogP contribution in [-0.4, -0.2) is 51.8 Å². The molecule has 1 rings (SSSR count). The number of aliphatic hydroxyl groups is 2. The molecular weight excluding hydrogens is 244 g/mol. The van der Waals surface area contributed by atoms with Crippen molar-refractivity contribution in [1.29, 1.82) is 0 Å². The molecule has 1 aromatic rings. The summed E-state index contributed by atoms with van der Waals surface area (Å²) in [5, 5.41) is 18.4. The predicted octanol–water partition coefficient (Wildman–Crippen LogP) is 0.268. The van der Waals surface area contributed by atoms with Crippen molar-refractivity contribution in [2.24, 2.45) is 0 Å². The molecule has 5 heteroatoms. The minimum Gasteiger partial charge on any atom is -0.389 e. The first-order valence-corrected chi connectivity index (χ1v) is 5.88. The van der Waals surface area contributed by atoms with Crippen molar-refractivity contribution in [3.63, 3.8) is 0 Å². The summed E-state index contributed by atoms with van der Waals surface area (Å²) >= 11 is 0. The van der Waals surface area contributed by atoms with Crippen LogP contribution in [0.1, 0.15) is 29.9 Å². The van der Waals surface area contributed by atoms with Crippen molar-refractivity contribution >= 4 is 5.91 Å². The van der Waals surface area contributed by atoms with E-state index in [0.29, 0.717) is 5.56 Å². The molecule has 0 bridgehead atoms. The summed E-state index contributed by atoms with van der Waals surface area (Å²) in [4.78, 5) is 17.6. The number of rotatable bonds is 3. The maximum Gasteiger partial charge on any atom is 0.273 e. The Kier molecular flexibility index (Phi) is 5.04. The number of aromatic nitrogens is 1. The Labute approximate surface area is 112 Å². The van der Waals surface area contributed by atoms with Crippen molar-refractivity contribution in [3.8, 4) is 11.8 Å². The third-order valence-corrected chi connectivity index (χ3v) is 2.28. The lowest BCUT2D eigenvalue weighted by molar-refractivity contribution is 0.0364. The van der Waals surface area contributed by atoms with Gasteiger partial charge < -0.3 is 15.1 Å². The van der Waals surface area contributed by atoms with Gasteiger partial charge in [-0.2, -0.15) is 0 Å². The number of carbonyl (C=O) groups excluding carboxylic acids is 1. The highest BCUT2D eigenvalue weighted by atomic mass is 16.3. The molecule has 1 aromatic heterocycles. The van der Waals surface area contributed by atoms with Gasteiger partial charge in [0.15, 0.2) is 0 Å². The third-order valence-electron chi connectivity index (χ3n) is 2.28. The van der Waals surface area contributed by atoms with Gasteiger partial charge in [-0.05, 0) is 26.0 Å². The molecule has 0 aliphatic heterocycles. The average molecular weight is 262 g/mol. The molecule has 19 heavy (non-hydrogen) atoms. The lowest BCUT2D eigenvalue weighted by Crippen LogP contribution is -2.40. The predicted molar refractivity (Wildman–Crippen MR) is 71.5 cm³/mol. The Morgan fingerprint density at radius 1 is 1.53 bits per heavy atom. The maximum absolute atomic E-state index is 12.2. The van der Waals surface area contributed by atoms with Crippen LogP contribution in [0.4, 0.5) is 0 Å². The number of pyridine rings is 1. The van der Waals surface area contributed by atoms with Crippen LogP contribution < -0.4 is 0 Å². The zero-order valence-electron chi connectivity index (χ0n) is 11.3. The van der Waals surface area contributed by atoms with E-state index in [1.807, 2.05) is 0 Å². The quantitative estimate of drug-likeness (QED) is 0.767. The summed E-state index contributed by atoms with van der Waals surface area (Å²) in [7, 11) is 1.60. The molecule has 1 heterocycles. The Morgan fingerprint density at radius 2 is 2.21 bits per heavy atom. The largest absolute Gasteiger partial charge is 0.389 e. The first kappa shape index (κ1) is 15.2. The second-order valence-electron chi connectivity index (χ2n) is 4.83. The Hall–Kier alpha value is -1.90. The van der Waals surface area contributed by atoms with E-state index in [2.05, 4.69) is 16.8 Å². The molecular formula is C14H18N2O3. The van der Waals surface area contributed by atoms with Gasteiger partial charge in [0, 0.05) is 19.8 Å². The second-order valence-corrected chi connectivity index (χ2v) is 4.83. The lowest BCUT2D eigenvalue weighted by atomic mass is 10.1. The number of carbonyl (C=O) groups is 1. The first-order valence-electron chi connectivity index (χ1n) is 5.88. The molecule has 1 amide bonds. The fraction of sp³-hybridized carbons (Fsp3) is 0.429. The Bertz CT molecular complexity index is 509. The highest BCUT2D eigenvalue weighted by Crippen LogP contribution is 2.10. The maximum atomic E-state index is 12.2. The van der Waals surface area contributed by atoms with E-state index >= 15 is 0 Å². The monoisotopic (exact) mass is 262 g/mol. The van der Waals surface area contributed by atoms with Crippen LogP contribution in [0.15, 0.2) is 18.3 Å². The molecule has 0 unspecified atom stereocenters. The topological polar surface area (TPSA) is 73.7 Å². The fourth-order valence-electron chi connectivity index (χ4n) is 1.64. The van der Waals surface area contributed by atoms with Gasteiger partial charge in [0.1, 0.15) is 12.3 Å². The zero-order valence-corrected chi connectivity index (χ0v) is 11.3. The SMILES string of the molecule is CN(CC(C)(C)O)C(=O)c1ncccc1C#CCO. The normalized spacial score (nSPS) is 10.6. The van der Waals surface area contributed by atoms with Crippen molar-refractivity contribution < 1.29 is 15.0 Å². The van der Waals surface area contributed by atoms with E-state index in [-0.39, 0.29) is 24.8 Å². The fourth-order valence-corrected chi connectivity index (χ4v) is 1.64. The van der Waals surface area contributed by atoms with Crippen molar-refractivity contribution in [2.45, 2.75) is 19.4 Å². The van der Waals surface area contributed by atoms with Gasteiger partial charge in [0.05, 0.1) is 11.2 Å². The van der Waals surface area contributed by atoms with Gasteiger partial charge in [-0.3, -0.25) is 4.79 Å². The van der Waals surface area contributed by atoms with E-state index in [9.17, 15) is 9.90 Å². The minimum atomic E-state index is -0.976. The summed E-state index contributed by atoms with van der Waals surface area (Å²) < 4.78 is 0. The third kappa shape index (κ3) is 4.70. The summed E-state index contributed by atoms with van der Waals surface area (Å²) in [6.07, 6.45) is 1.51. The molecule has 0 radical (unpaired) electrons. The zero-order chi connectivity index (χ0) is 14.5. The molecule has 0 aliphatic rings. The van der Waals surface area contributed by atoms with Crippen molar-refractivity contribution in [2.75, 3.05) is 20.2 Å². The van der Waals surface area contributed by atoms with Crippen molar-refractivity contribution in [3.05, 3.63) is 29.6 Å². The molecule has 0 fully saturated rings. The van der Waals surface area contributed by atoms with Gasteiger partial charge in [0.25, 0.3) is 5.91 Å². The molecule has 0 saturated carbocycles. The van der Waals surface area contributed by atoms with E-state index < -0.39 is 5.60 Å². The summed E-state index contributed by atoms with van der Waals surface area (Å²) in [6.45, 7) is 3.17. The van der Waals surface area contributed by atoms with Crippen LogP contribution in [0.5, 0.6) is 0 Å². The van der Waals surface area contributed by atoms with E-state index in [0.717, 1.165) is 0 Å². The van der Waals surface area contributed by atoms with Gasteiger partial charge in [-0.25, -0.2) is 4.98 Å². The van der Waals surface area contributed by atoms with Crippen LogP contribution in [0.2, 0.25) is 0 Å². The number of likely N-dealkylation sites (N-methyl/N-ethyl adjacent to an activating group) is 1. The van der Waals surface area contributed by atoms with E-state index in [1.165, 1.54) is 11.1 Å². The number of amides is 1. The van der Waals surface area contributed by atoms with Crippen molar-refractivity contribution in [1.82, 2.24) is 9.88 Å². The van der Waals surface area contributed by atoms with E-state index in [4.69, 9.17) is 5.11 Å². The van der Waals surface area contributed by atoms with Gasteiger partial charge >= 0.3 is 0 Å². The van der Waals surface area contributed by atoms with Gasteiger partial charge in [-0.15, -0.1) is 0 Å². The molecule has 0 spiro atoms. The first-order chi connectivity index (χ1) is 8.85. The molecule has 0 aromatic carbocycles. The minimum absolute atomic E-state index is 0.190. The van der Waals surface area contributed by atoms with Crippen LogP contribution in [0.25, 0.3) is 0 Å². The van der Waals surface area contributed by atoms with Gasteiger partial charge in [-0.1, -0.05) is 11.8 Å². The Morgan fingerprint density at radius 3 is 2.79 bits per heavy atom. The second kappa shape index (κ2) is 6.32. The van der Waals surface area contributed by atoms with E-state index in [1.54, 1.807) is 33.0 Å². The lowest BCUT2D eigenvalue weighted by Gasteiger charge is -2.25. The van der Waals surface area contributed by atoms with Gasteiger partial charge in [0.2, 0.25) is 0 Å². The Balaban J connectivity index is 2.99. The van der Waals surface area contributed by atoms with Crippen LogP contribution in [0, 0.1) is 11.8 Å². The number of hydrogen-bond donors (Lipinski definition) is 2. The number of aliphatic hydroxyl groups excluding tert-OH is 1. The molecule has 5 nitrogen and oxygen atoms in total. The smallest absolute Gasteiger partial charge is 0.273 e. The molecule has 2 N–H and O–H groups in total. The average Bonchev–Trinajstić information content (AvgIpc) is 2.33. The molecule has 102 valence electrons. The highest BCUT2D eigenvalue weighted by molar-refractivity contribution is 5.94. The summed E-state index contributed by atoms with van der Waals surface area (Å²) in [5.41, 5.74) is -0.296.